The number of rotatable bonds is 2. The Morgan fingerprint density at radius 2 is 1.88 bits per heavy atom. The van der Waals surface area contributed by atoms with Gasteiger partial charge in [0, 0.05) is 36.4 Å². The Bertz CT molecular complexity index is 861. The van der Waals surface area contributed by atoms with Crippen LogP contribution in [0.5, 0.6) is 0 Å². The second-order valence-electron chi connectivity index (χ2n) is 6.42. The Morgan fingerprint density at radius 1 is 1.04 bits per heavy atom. The van der Waals surface area contributed by atoms with Crippen LogP contribution >= 0.6 is 11.6 Å². The van der Waals surface area contributed by atoms with Gasteiger partial charge in [-0.1, -0.05) is 54.1 Å². The van der Waals surface area contributed by atoms with Gasteiger partial charge in [-0.3, -0.25) is 4.98 Å². The molecule has 2 aromatic carbocycles. The Morgan fingerprint density at radius 3 is 2.71 bits per heavy atom. The third-order valence-electron chi connectivity index (χ3n) is 4.74. The van der Waals surface area contributed by atoms with Gasteiger partial charge in [0.1, 0.15) is 0 Å². The third-order valence-corrected chi connectivity index (χ3v) is 5.09. The molecule has 1 atom stereocenters. The molecule has 4 rings (SSSR count). The lowest BCUT2D eigenvalue weighted by atomic mass is 9.84. The fourth-order valence-electron chi connectivity index (χ4n) is 3.57. The fourth-order valence-corrected chi connectivity index (χ4v) is 3.81. The van der Waals surface area contributed by atoms with Crippen molar-refractivity contribution in [2.24, 2.45) is 0 Å². The van der Waals surface area contributed by atoms with Gasteiger partial charge in [-0.15, -0.1) is 0 Å². The molecule has 24 heavy (non-hydrogen) atoms. The zero-order valence-electron chi connectivity index (χ0n) is 13.6. The summed E-state index contributed by atoms with van der Waals surface area (Å²) in [6.07, 6.45) is 3.72. The van der Waals surface area contributed by atoms with Crippen molar-refractivity contribution in [2.45, 2.75) is 12.5 Å². The number of aromatic nitrogens is 1. The van der Waals surface area contributed by atoms with Gasteiger partial charge in [-0.05, 0) is 47.0 Å². The van der Waals surface area contributed by atoms with Crippen molar-refractivity contribution >= 4 is 11.6 Å². The van der Waals surface area contributed by atoms with Crippen molar-refractivity contribution < 1.29 is 0 Å². The molecule has 2 nitrogen and oxygen atoms in total. The first-order chi connectivity index (χ1) is 11.7. The van der Waals surface area contributed by atoms with Crippen LogP contribution in [-0.2, 0) is 6.54 Å². The van der Waals surface area contributed by atoms with E-state index in [0.717, 1.165) is 23.7 Å². The highest BCUT2D eigenvalue weighted by Crippen LogP contribution is 2.37. The highest BCUT2D eigenvalue weighted by atomic mass is 35.5. The van der Waals surface area contributed by atoms with Crippen molar-refractivity contribution in [1.82, 2.24) is 9.88 Å². The summed E-state index contributed by atoms with van der Waals surface area (Å²) in [7, 11) is 2.16. The van der Waals surface area contributed by atoms with Crippen LogP contribution in [0.3, 0.4) is 0 Å². The molecule has 1 aromatic heterocycles. The standard InChI is InChI=1S/C21H19ClN2/c1-24-13-19(18-8-3-9-21(22)20(18)14-24)16-6-2-5-15(11-16)17-7-4-10-23-12-17/h2-12,19H,13-14H2,1H3/t19-/m0/s1. The summed E-state index contributed by atoms with van der Waals surface area (Å²) < 4.78 is 0. The first-order valence-corrected chi connectivity index (χ1v) is 8.56. The molecule has 0 unspecified atom stereocenters. The van der Waals surface area contributed by atoms with E-state index in [1.54, 1.807) is 0 Å². The Labute approximate surface area is 147 Å². The Hall–Kier alpha value is -2.16. The molecule has 1 aliphatic rings. The maximum Gasteiger partial charge on any atom is 0.0454 e. The number of fused-ring (bicyclic) bond motifs is 1. The minimum Gasteiger partial charge on any atom is -0.301 e. The Kier molecular flexibility index (Phi) is 4.09. The van der Waals surface area contributed by atoms with E-state index in [9.17, 15) is 0 Å². The van der Waals surface area contributed by atoms with Gasteiger partial charge >= 0.3 is 0 Å². The van der Waals surface area contributed by atoms with Gasteiger partial charge in [0.25, 0.3) is 0 Å². The predicted octanol–water partition coefficient (Wildman–Crippen LogP) is 4.98. The smallest absolute Gasteiger partial charge is 0.0454 e. The van der Waals surface area contributed by atoms with Crippen LogP contribution in [0.15, 0.2) is 67.0 Å². The highest BCUT2D eigenvalue weighted by Gasteiger charge is 2.26. The molecule has 1 aliphatic heterocycles. The molecule has 0 N–H and O–H groups in total. The molecule has 0 saturated carbocycles. The normalized spacial score (nSPS) is 17.5. The van der Waals surface area contributed by atoms with E-state index in [1.165, 1.54) is 22.3 Å². The summed E-state index contributed by atoms with van der Waals surface area (Å²) in [5, 5.41) is 0.868. The number of halogens is 1. The molecule has 0 bridgehead atoms. The second kappa shape index (κ2) is 6.39. The van der Waals surface area contributed by atoms with E-state index in [0.29, 0.717) is 5.92 Å². The predicted molar refractivity (Wildman–Crippen MR) is 99.3 cm³/mol. The second-order valence-corrected chi connectivity index (χ2v) is 6.83. The van der Waals surface area contributed by atoms with E-state index in [-0.39, 0.29) is 0 Å². The number of hydrogen-bond acceptors (Lipinski definition) is 2. The molecule has 3 aromatic rings. The first-order valence-electron chi connectivity index (χ1n) is 8.18. The molecule has 0 amide bonds. The fraction of sp³-hybridized carbons (Fsp3) is 0.190. The van der Waals surface area contributed by atoms with Crippen LogP contribution in [0.2, 0.25) is 5.02 Å². The quantitative estimate of drug-likeness (QED) is 0.657. The van der Waals surface area contributed by atoms with Gasteiger partial charge in [0.2, 0.25) is 0 Å². The lowest BCUT2D eigenvalue weighted by Crippen LogP contribution is -2.31. The van der Waals surface area contributed by atoms with E-state index >= 15 is 0 Å². The van der Waals surface area contributed by atoms with Crippen LogP contribution in [0.1, 0.15) is 22.6 Å². The molecule has 120 valence electrons. The van der Waals surface area contributed by atoms with Gasteiger partial charge in [-0.25, -0.2) is 0 Å². The maximum atomic E-state index is 6.45. The lowest BCUT2D eigenvalue weighted by Gasteiger charge is -2.33. The largest absolute Gasteiger partial charge is 0.301 e. The zero-order valence-corrected chi connectivity index (χ0v) is 14.4. The average molecular weight is 335 g/mol. The van der Waals surface area contributed by atoms with E-state index in [1.807, 2.05) is 24.5 Å². The van der Waals surface area contributed by atoms with Gasteiger partial charge in [0.05, 0.1) is 0 Å². The van der Waals surface area contributed by atoms with E-state index in [4.69, 9.17) is 11.6 Å². The van der Waals surface area contributed by atoms with E-state index in [2.05, 4.69) is 59.4 Å². The molecule has 3 heteroatoms. The first kappa shape index (κ1) is 15.4. The minimum absolute atomic E-state index is 0.342. The molecular formula is C21H19ClN2. The van der Waals surface area contributed by atoms with Crippen molar-refractivity contribution in [3.63, 3.8) is 0 Å². The van der Waals surface area contributed by atoms with Crippen LogP contribution in [0.4, 0.5) is 0 Å². The summed E-state index contributed by atoms with van der Waals surface area (Å²) in [6.45, 7) is 1.91. The lowest BCUT2D eigenvalue weighted by molar-refractivity contribution is 0.295. The number of hydrogen-bond donors (Lipinski definition) is 0. The topological polar surface area (TPSA) is 16.1 Å². The zero-order chi connectivity index (χ0) is 16.5. The number of likely N-dealkylation sites (N-methyl/N-ethyl adjacent to an activating group) is 1. The molecule has 0 saturated heterocycles. The maximum absolute atomic E-state index is 6.45. The summed E-state index contributed by atoms with van der Waals surface area (Å²) in [4.78, 5) is 6.58. The van der Waals surface area contributed by atoms with Gasteiger partial charge in [0.15, 0.2) is 0 Å². The summed E-state index contributed by atoms with van der Waals surface area (Å²) in [5.74, 6) is 0.342. The number of nitrogens with zero attached hydrogens (tertiary/aromatic N) is 2. The van der Waals surface area contributed by atoms with Crippen molar-refractivity contribution in [3.05, 3.63) is 88.7 Å². The SMILES string of the molecule is CN1Cc2c(Cl)cccc2[C@H](c2cccc(-c3cccnc3)c2)C1. The van der Waals surface area contributed by atoms with Crippen LogP contribution < -0.4 is 0 Å². The number of benzene rings is 2. The molecule has 0 aliphatic carbocycles. The average Bonchev–Trinajstić information content (AvgIpc) is 2.63. The monoisotopic (exact) mass is 334 g/mol. The van der Waals surface area contributed by atoms with Crippen LogP contribution in [-0.4, -0.2) is 23.5 Å². The summed E-state index contributed by atoms with van der Waals surface area (Å²) in [6, 6.07) is 19.1. The Balaban J connectivity index is 1.79. The highest BCUT2D eigenvalue weighted by molar-refractivity contribution is 6.31. The molecule has 2 heterocycles. The molecule has 0 spiro atoms. The number of pyridine rings is 1. The van der Waals surface area contributed by atoms with Gasteiger partial charge < -0.3 is 4.90 Å². The molecule has 0 fully saturated rings. The molecule has 0 radical (unpaired) electrons. The van der Waals surface area contributed by atoms with Crippen LogP contribution in [0.25, 0.3) is 11.1 Å². The molecular weight excluding hydrogens is 316 g/mol. The van der Waals surface area contributed by atoms with Crippen molar-refractivity contribution in [3.8, 4) is 11.1 Å². The van der Waals surface area contributed by atoms with E-state index < -0.39 is 0 Å². The van der Waals surface area contributed by atoms with Gasteiger partial charge in [-0.2, -0.15) is 0 Å². The summed E-state index contributed by atoms with van der Waals surface area (Å²) in [5.41, 5.74) is 6.28. The van der Waals surface area contributed by atoms with Crippen LogP contribution in [0, 0.1) is 0 Å². The minimum atomic E-state index is 0.342. The van der Waals surface area contributed by atoms with Crippen molar-refractivity contribution in [1.29, 1.82) is 0 Å². The van der Waals surface area contributed by atoms with Crippen molar-refractivity contribution in [2.75, 3.05) is 13.6 Å². The third kappa shape index (κ3) is 2.83. The summed E-state index contributed by atoms with van der Waals surface area (Å²) >= 11 is 6.45.